The molecule has 0 unspecified atom stereocenters. The van der Waals surface area contributed by atoms with E-state index in [-0.39, 0.29) is 58.9 Å². The Bertz CT molecular complexity index is 1600. The number of rotatable bonds is 13. The number of nitrogens with one attached hydrogen (secondary N) is 1. The summed E-state index contributed by atoms with van der Waals surface area (Å²) in [5, 5.41) is 14.3. The molecule has 1 N–H and O–H groups in total. The summed E-state index contributed by atoms with van der Waals surface area (Å²) in [6.45, 7) is 7.62. The van der Waals surface area contributed by atoms with Gasteiger partial charge >= 0.3 is 0 Å². The summed E-state index contributed by atoms with van der Waals surface area (Å²) in [4.78, 5) is 14.1. The van der Waals surface area contributed by atoms with Gasteiger partial charge in [-0.05, 0) is 68.7 Å². The number of halogens is 4. The molecule has 8 nitrogen and oxygen atoms in total. The topological polar surface area (TPSA) is 115 Å². The molecule has 252 valence electrons. The predicted molar refractivity (Wildman–Crippen MR) is 171 cm³/mol. The zero-order valence-electron chi connectivity index (χ0n) is 26.5. The van der Waals surface area contributed by atoms with Crippen LogP contribution in [0.3, 0.4) is 0 Å². The van der Waals surface area contributed by atoms with Crippen molar-refractivity contribution in [3.8, 4) is 6.07 Å². The molecule has 13 heteroatoms. The van der Waals surface area contributed by atoms with Crippen molar-refractivity contribution in [1.29, 1.82) is 5.26 Å². The molecule has 0 radical (unpaired) electrons. The third-order valence-corrected chi connectivity index (χ3v) is 9.95. The molecule has 0 spiro atoms. The van der Waals surface area contributed by atoms with Crippen LogP contribution >= 0.6 is 23.2 Å². The van der Waals surface area contributed by atoms with Gasteiger partial charge in [0, 0.05) is 29.0 Å². The van der Waals surface area contributed by atoms with Crippen LogP contribution < -0.4 is 5.32 Å². The summed E-state index contributed by atoms with van der Waals surface area (Å²) in [6, 6.07) is 8.65. The molecule has 2 aromatic carbocycles. The van der Waals surface area contributed by atoms with Gasteiger partial charge in [-0.25, -0.2) is 8.78 Å². The molecule has 0 bridgehead atoms. The van der Waals surface area contributed by atoms with Crippen LogP contribution in [0.5, 0.6) is 0 Å². The molecule has 2 heterocycles. The SMILES string of the molecule is CC(C)(CCOS(C)(=O)=O)C[C@@H]1N[C@@H](C(=O)CCC[C@H]2COC(C)(C)O2)[C@H](c2cccc(Cl)c2F)[C@@]1(C#N)c1ccc(Cl)cc1F. The van der Waals surface area contributed by atoms with Gasteiger partial charge in [0.25, 0.3) is 10.1 Å². The van der Waals surface area contributed by atoms with Crippen molar-refractivity contribution in [2.45, 2.75) is 95.1 Å². The molecule has 2 aromatic rings. The Labute approximate surface area is 279 Å². The summed E-state index contributed by atoms with van der Waals surface area (Å²) in [5.74, 6) is -3.75. The first-order valence-corrected chi connectivity index (χ1v) is 17.7. The van der Waals surface area contributed by atoms with Crippen molar-refractivity contribution in [3.63, 3.8) is 0 Å². The molecule has 0 saturated carbocycles. The lowest BCUT2D eigenvalue weighted by molar-refractivity contribution is -0.139. The number of ether oxygens (including phenoxy) is 2. The van der Waals surface area contributed by atoms with E-state index in [0.29, 0.717) is 19.4 Å². The number of hydrogen-bond acceptors (Lipinski definition) is 8. The van der Waals surface area contributed by atoms with Crippen LogP contribution in [0.15, 0.2) is 36.4 Å². The molecule has 2 aliphatic rings. The van der Waals surface area contributed by atoms with Crippen LogP contribution in [0.2, 0.25) is 10.0 Å². The Hall–Kier alpha value is -2.17. The normalized spacial score (nSPS) is 26.3. The van der Waals surface area contributed by atoms with Gasteiger partial charge in [0.1, 0.15) is 22.8 Å². The summed E-state index contributed by atoms with van der Waals surface area (Å²) in [5.41, 5.74) is -2.51. The van der Waals surface area contributed by atoms with Crippen molar-refractivity contribution in [1.82, 2.24) is 5.32 Å². The maximum absolute atomic E-state index is 15.9. The molecule has 0 amide bonds. The highest BCUT2D eigenvalue weighted by molar-refractivity contribution is 7.85. The second kappa shape index (κ2) is 14.1. The number of Topliss-reactive ketones (excluding diaryl/α,β-unsaturated/α-hetero) is 1. The van der Waals surface area contributed by atoms with Crippen molar-refractivity contribution in [3.05, 3.63) is 69.2 Å². The van der Waals surface area contributed by atoms with E-state index in [1.807, 2.05) is 27.7 Å². The van der Waals surface area contributed by atoms with Gasteiger partial charge in [-0.2, -0.15) is 13.7 Å². The van der Waals surface area contributed by atoms with E-state index in [9.17, 15) is 18.5 Å². The van der Waals surface area contributed by atoms with Crippen LogP contribution in [0, 0.1) is 28.4 Å². The molecule has 2 saturated heterocycles. The van der Waals surface area contributed by atoms with Crippen molar-refractivity contribution < 1.29 is 35.6 Å². The van der Waals surface area contributed by atoms with Gasteiger partial charge in [-0.3, -0.25) is 8.98 Å². The number of carbonyl (C=O) groups is 1. The molecule has 4 rings (SSSR count). The fourth-order valence-corrected chi connectivity index (χ4v) is 7.41. The average molecular weight is 702 g/mol. The van der Waals surface area contributed by atoms with E-state index in [1.54, 1.807) is 0 Å². The van der Waals surface area contributed by atoms with E-state index < -0.39 is 56.4 Å². The number of benzene rings is 2. The van der Waals surface area contributed by atoms with Gasteiger partial charge in [0.2, 0.25) is 0 Å². The molecular formula is C33H40Cl2F2N2O6S. The second-order valence-corrected chi connectivity index (χ2v) is 15.9. The summed E-state index contributed by atoms with van der Waals surface area (Å²) in [6.07, 6.45) is 2.28. The number of carbonyl (C=O) groups excluding carboxylic acids is 1. The number of nitrogens with zero attached hydrogens (tertiary/aromatic N) is 1. The highest BCUT2D eigenvalue weighted by Crippen LogP contribution is 2.53. The minimum atomic E-state index is -3.70. The lowest BCUT2D eigenvalue weighted by Gasteiger charge is -2.38. The third kappa shape index (κ3) is 8.27. The Morgan fingerprint density at radius 2 is 1.93 bits per heavy atom. The molecule has 0 aromatic heterocycles. The van der Waals surface area contributed by atoms with Gasteiger partial charge < -0.3 is 14.8 Å². The first-order valence-electron chi connectivity index (χ1n) is 15.1. The highest BCUT2D eigenvalue weighted by atomic mass is 35.5. The second-order valence-electron chi connectivity index (χ2n) is 13.4. The molecule has 0 aliphatic carbocycles. The van der Waals surface area contributed by atoms with E-state index in [1.165, 1.54) is 30.3 Å². The van der Waals surface area contributed by atoms with Crippen molar-refractivity contribution in [2.75, 3.05) is 19.5 Å². The van der Waals surface area contributed by atoms with Crippen LogP contribution in [-0.4, -0.2) is 57.6 Å². The minimum Gasteiger partial charge on any atom is -0.348 e. The van der Waals surface area contributed by atoms with Gasteiger partial charge in [-0.1, -0.05) is 55.2 Å². The van der Waals surface area contributed by atoms with E-state index in [2.05, 4.69) is 11.4 Å². The molecule has 5 atom stereocenters. The monoisotopic (exact) mass is 700 g/mol. The van der Waals surface area contributed by atoms with Gasteiger partial charge in [0.05, 0.1) is 42.7 Å². The molecule has 46 heavy (non-hydrogen) atoms. The zero-order valence-corrected chi connectivity index (χ0v) is 28.9. The Balaban J connectivity index is 1.78. The van der Waals surface area contributed by atoms with Crippen LogP contribution in [0.1, 0.15) is 76.8 Å². The lowest BCUT2D eigenvalue weighted by Crippen LogP contribution is -2.45. The summed E-state index contributed by atoms with van der Waals surface area (Å²) < 4.78 is 71.6. The first kappa shape index (κ1) is 36.7. The zero-order chi connectivity index (χ0) is 34.1. The fraction of sp³-hybridized carbons (Fsp3) is 0.576. The Morgan fingerprint density at radius 3 is 2.54 bits per heavy atom. The number of nitriles is 1. The maximum Gasteiger partial charge on any atom is 0.264 e. The standard InChI is InChI=1S/C33H40Cl2F2N2O6S/c1-31(2,14-15-44-46(5,41)42)17-27-33(19-38,23-13-12-20(34)16-25(23)36)28(22-9-7-10-24(35)29(22)37)30(39-27)26(40)11-6-8-21-18-43-32(3,4)45-21/h7,9-10,12-13,16,21,27-28,30,39H,6,8,11,14-15,17-18H2,1-5H3/t21-,27-,28-,30-,33-/m0/s1. The summed E-state index contributed by atoms with van der Waals surface area (Å²) in [7, 11) is -3.70. The smallest absolute Gasteiger partial charge is 0.264 e. The average Bonchev–Trinajstić information content (AvgIpc) is 3.45. The fourth-order valence-electron chi connectivity index (χ4n) is 6.68. The molecular weight excluding hydrogens is 661 g/mol. The summed E-state index contributed by atoms with van der Waals surface area (Å²) >= 11 is 12.3. The minimum absolute atomic E-state index is 0.00393. The van der Waals surface area contributed by atoms with Gasteiger partial charge in [-0.15, -0.1) is 0 Å². The first-order chi connectivity index (χ1) is 21.4. The van der Waals surface area contributed by atoms with E-state index in [0.717, 1.165) is 12.3 Å². The largest absolute Gasteiger partial charge is 0.348 e. The maximum atomic E-state index is 15.9. The van der Waals surface area contributed by atoms with Gasteiger partial charge in [0.15, 0.2) is 5.79 Å². The third-order valence-electron chi connectivity index (χ3n) is 8.83. The lowest BCUT2D eigenvalue weighted by atomic mass is 9.62. The quantitative estimate of drug-likeness (QED) is 0.226. The van der Waals surface area contributed by atoms with Crippen LogP contribution in [-0.2, 0) is 34.0 Å². The highest BCUT2D eigenvalue weighted by Gasteiger charge is 2.61. The van der Waals surface area contributed by atoms with Crippen molar-refractivity contribution in [2.24, 2.45) is 5.41 Å². The number of hydrogen-bond donors (Lipinski definition) is 1. The Kier molecular flexibility index (Phi) is 11.3. The van der Waals surface area contributed by atoms with Crippen LogP contribution in [0.4, 0.5) is 8.78 Å². The number of ketones is 1. The van der Waals surface area contributed by atoms with E-state index >= 15 is 8.78 Å². The molecule has 2 fully saturated rings. The van der Waals surface area contributed by atoms with Crippen LogP contribution in [0.25, 0.3) is 0 Å². The predicted octanol–water partition coefficient (Wildman–Crippen LogP) is 6.83. The van der Waals surface area contributed by atoms with E-state index in [4.69, 9.17) is 36.9 Å². The Morgan fingerprint density at radius 1 is 1.22 bits per heavy atom. The van der Waals surface area contributed by atoms with Crippen molar-refractivity contribution >= 4 is 39.1 Å². The molecule has 2 aliphatic heterocycles.